The summed E-state index contributed by atoms with van der Waals surface area (Å²) in [7, 11) is 1.49. The summed E-state index contributed by atoms with van der Waals surface area (Å²) in [5.74, 6) is -0.207. The topological polar surface area (TPSA) is 147 Å². The number of rotatable bonds is 13. The van der Waals surface area contributed by atoms with Crippen molar-refractivity contribution in [1.29, 1.82) is 0 Å². The molecule has 1 saturated heterocycles. The number of hydrogen-bond acceptors (Lipinski definition) is 9. The zero-order valence-corrected chi connectivity index (χ0v) is 25.0. The minimum atomic E-state index is -0.857. The maximum Gasteiger partial charge on any atom is 0.331 e. The molecule has 1 heterocycles. The predicted octanol–water partition coefficient (Wildman–Crippen LogP) is 5.69. The second kappa shape index (κ2) is 14.4. The van der Waals surface area contributed by atoms with Crippen LogP contribution in [0.3, 0.4) is 0 Å². The second-order valence-electron chi connectivity index (χ2n) is 9.52. The Morgan fingerprint density at radius 3 is 2.32 bits per heavy atom. The number of nitro benzene ring substituents is 1. The van der Waals surface area contributed by atoms with Crippen molar-refractivity contribution in [1.82, 2.24) is 10.2 Å². The van der Waals surface area contributed by atoms with E-state index in [2.05, 4.69) is 5.32 Å². The number of nitrogens with zero attached hydrogens (tertiary/aromatic N) is 2. The van der Waals surface area contributed by atoms with Gasteiger partial charge in [-0.3, -0.25) is 29.9 Å². The minimum absolute atomic E-state index is 0.0459. The fourth-order valence-corrected chi connectivity index (χ4v) is 4.55. The van der Waals surface area contributed by atoms with Crippen molar-refractivity contribution in [2.45, 2.75) is 33.4 Å². The summed E-state index contributed by atoms with van der Waals surface area (Å²) in [6, 6.07) is 13.1. The maximum absolute atomic E-state index is 13.4. The Morgan fingerprint density at radius 2 is 1.66 bits per heavy atom. The molecule has 44 heavy (non-hydrogen) atoms. The number of amides is 4. The third-order valence-electron chi connectivity index (χ3n) is 6.39. The van der Waals surface area contributed by atoms with Gasteiger partial charge in [0, 0.05) is 12.1 Å². The van der Waals surface area contributed by atoms with E-state index >= 15 is 0 Å². The van der Waals surface area contributed by atoms with Crippen molar-refractivity contribution in [2.24, 2.45) is 0 Å². The monoisotopic (exact) mass is 623 g/mol. The summed E-state index contributed by atoms with van der Waals surface area (Å²) in [6.07, 6.45) is 2.12. The Balaban J connectivity index is 1.57. The molecule has 1 aliphatic heterocycles. The van der Waals surface area contributed by atoms with E-state index in [9.17, 15) is 24.5 Å². The number of nitrogens with one attached hydrogen (secondary N) is 1. The first kappa shape index (κ1) is 31.8. The molecule has 0 unspecified atom stereocenters. The van der Waals surface area contributed by atoms with Gasteiger partial charge >= 0.3 is 6.03 Å². The Hall–Kier alpha value is -5.10. The summed E-state index contributed by atoms with van der Waals surface area (Å²) in [4.78, 5) is 50.1. The average Bonchev–Trinajstić information content (AvgIpc) is 3.00. The molecule has 0 spiro atoms. The number of imide groups is 2. The molecule has 3 aromatic rings. The molecule has 0 atom stereocenters. The number of barbiturate groups is 1. The second-order valence-corrected chi connectivity index (χ2v) is 9.92. The number of methoxy groups -OCH3 is 1. The molecule has 1 N–H and O–H groups in total. The van der Waals surface area contributed by atoms with Crippen molar-refractivity contribution in [3.63, 3.8) is 0 Å². The quantitative estimate of drug-likeness (QED) is 0.110. The van der Waals surface area contributed by atoms with Gasteiger partial charge in [-0.25, -0.2) is 4.79 Å². The molecule has 4 amide bonds. The largest absolute Gasteiger partial charge is 0.493 e. The first-order valence-corrected chi connectivity index (χ1v) is 14.0. The SMILES string of the molecule is CCCOc1ccc(CN2C(=O)NC(=O)/C(=C\c3cc(Cl)c(OCc4ccc([N+](=O)[O-])cc4)c(OCC)c3)C2=O)cc1OC. The molecule has 0 bridgehead atoms. The fourth-order valence-electron chi connectivity index (χ4n) is 4.27. The van der Waals surface area contributed by atoms with Gasteiger partial charge in [0.2, 0.25) is 0 Å². The molecule has 0 radical (unpaired) electrons. The molecule has 1 aliphatic rings. The van der Waals surface area contributed by atoms with E-state index in [1.165, 1.54) is 31.4 Å². The molecule has 12 nitrogen and oxygen atoms in total. The van der Waals surface area contributed by atoms with Gasteiger partial charge in [-0.1, -0.05) is 24.6 Å². The van der Waals surface area contributed by atoms with Crippen molar-refractivity contribution in [3.05, 3.63) is 92.0 Å². The number of carbonyl (C=O) groups is 3. The molecule has 3 aromatic carbocycles. The summed E-state index contributed by atoms with van der Waals surface area (Å²) < 4.78 is 22.7. The van der Waals surface area contributed by atoms with Gasteiger partial charge in [0.25, 0.3) is 17.5 Å². The van der Waals surface area contributed by atoms with Crippen LogP contribution in [-0.4, -0.2) is 48.0 Å². The number of nitro groups is 1. The van der Waals surface area contributed by atoms with Gasteiger partial charge in [0.15, 0.2) is 23.0 Å². The van der Waals surface area contributed by atoms with E-state index in [0.29, 0.717) is 34.8 Å². The number of halogens is 1. The Kier molecular flexibility index (Phi) is 10.4. The standard InChI is InChI=1S/C31H30ClN3O9/c1-4-12-43-25-11-8-20(15-26(25)41-3)17-34-30(37)23(29(36)33-31(34)38)13-21-14-24(32)28(27(16-21)42-5-2)44-18-19-6-9-22(10-7-19)35(39)40/h6-11,13-16H,4-5,12,17-18H2,1-3H3,(H,33,36,38)/b23-13+. The summed E-state index contributed by atoms with van der Waals surface area (Å²) in [5, 5.41) is 13.3. The lowest BCUT2D eigenvalue weighted by molar-refractivity contribution is -0.384. The molecule has 13 heteroatoms. The zero-order valence-electron chi connectivity index (χ0n) is 24.3. The van der Waals surface area contributed by atoms with E-state index in [1.54, 1.807) is 43.3 Å². The van der Waals surface area contributed by atoms with Crippen LogP contribution in [0.2, 0.25) is 5.02 Å². The molecule has 230 valence electrons. The van der Waals surface area contributed by atoms with Crippen LogP contribution >= 0.6 is 11.6 Å². The van der Waals surface area contributed by atoms with Crippen LogP contribution in [-0.2, 0) is 22.7 Å². The first-order chi connectivity index (χ1) is 21.1. The summed E-state index contributed by atoms with van der Waals surface area (Å²) in [5.41, 5.74) is 1.27. The number of carbonyl (C=O) groups excluding carboxylic acids is 3. The normalized spacial score (nSPS) is 14.0. The Bertz CT molecular complexity index is 1610. The molecule has 1 fully saturated rings. The number of non-ortho nitro benzene ring substituents is 1. The highest BCUT2D eigenvalue weighted by Crippen LogP contribution is 2.38. The van der Waals surface area contributed by atoms with Crippen LogP contribution in [0.15, 0.2) is 60.2 Å². The van der Waals surface area contributed by atoms with Crippen LogP contribution in [0, 0.1) is 10.1 Å². The van der Waals surface area contributed by atoms with E-state index in [4.69, 9.17) is 30.5 Å². The number of benzene rings is 3. The fraction of sp³-hybridized carbons (Fsp3) is 0.258. The van der Waals surface area contributed by atoms with Gasteiger partial charge in [0.05, 0.1) is 36.8 Å². The number of ether oxygens (including phenoxy) is 4. The van der Waals surface area contributed by atoms with E-state index in [-0.39, 0.29) is 47.5 Å². The minimum Gasteiger partial charge on any atom is -0.493 e. The Morgan fingerprint density at radius 1 is 0.932 bits per heavy atom. The molecule has 0 saturated carbocycles. The highest BCUT2D eigenvalue weighted by Gasteiger charge is 2.36. The van der Waals surface area contributed by atoms with Crippen molar-refractivity contribution in [2.75, 3.05) is 20.3 Å². The smallest absolute Gasteiger partial charge is 0.331 e. The van der Waals surface area contributed by atoms with E-state index in [1.807, 2.05) is 6.92 Å². The molecule has 4 rings (SSSR count). The Labute approximate surface area is 258 Å². The molecule has 0 aliphatic carbocycles. The van der Waals surface area contributed by atoms with Crippen molar-refractivity contribution in [3.8, 4) is 23.0 Å². The van der Waals surface area contributed by atoms with Crippen LogP contribution in [0.5, 0.6) is 23.0 Å². The lowest BCUT2D eigenvalue weighted by Gasteiger charge is -2.26. The lowest BCUT2D eigenvalue weighted by Crippen LogP contribution is -2.53. The van der Waals surface area contributed by atoms with Crippen molar-refractivity contribution >= 4 is 41.2 Å². The first-order valence-electron chi connectivity index (χ1n) is 13.7. The van der Waals surface area contributed by atoms with Gasteiger partial charge in [-0.2, -0.15) is 0 Å². The lowest BCUT2D eigenvalue weighted by atomic mass is 10.1. The predicted molar refractivity (Wildman–Crippen MR) is 161 cm³/mol. The number of hydrogen-bond donors (Lipinski definition) is 1. The van der Waals surface area contributed by atoms with Crippen molar-refractivity contribution < 1.29 is 38.3 Å². The van der Waals surface area contributed by atoms with Crippen LogP contribution in [0.1, 0.15) is 37.0 Å². The zero-order chi connectivity index (χ0) is 31.8. The average molecular weight is 624 g/mol. The van der Waals surface area contributed by atoms with Gasteiger partial charge in [0.1, 0.15) is 12.2 Å². The van der Waals surface area contributed by atoms with Gasteiger partial charge in [-0.05, 0) is 72.5 Å². The highest BCUT2D eigenvalue weighted by molar-refractivity contribution is 6.33. The summed E-state index contributed by atoms with van der Waals surface area (Å²) in [6.45, 7) is 4.43. The highest BCUT2D eigenvalue weighted by atomic mass is 35.5. The van der Waals surface area contributed by atoms with Gasteiger partial charge in [-0.15, -0.1) is 0 Å². The summed E-state index contributed by atoms with van der Waals surface area (Å²) >= 11 is 6.53. The van der Waals surface area contributed by atoms with E-state index in [0.717, 1.165) is 11.3 Å². The van der Waals surface area contributed by atoms with E-state index < -0.39 is 22.8 Å². The maximum atomic E-state index is 13.4. The molecule has 0 aromatic heterocycles. The molecular formula is C31H30ClN3O9. The van der Waals surface area contributed by atoms with Crippen LogP contribution in [0.4, 0.5) is 10.5 Å². The van der Waals surface area contributed by atoms with Crippen LogP contribution in [0.25, 0.3) is 6.08 Å². The van der Waals surface area contributed by atoms with Gasteiger partial charge < -0.3 is 18.9 Å². The molecular weight excluding hydrogens is 594 g/mol. The third kappa shape index (κ3) is 7.45. The van der Waals surface area contributed by atoms with Crippen LogP contribution < -0.4 is 24.3 Å². The third-order valence-corrected chi connectivity index (χ3v) is 6.67. The number of urea groups is 1.